The van der Waals surface area contributed by atoms with Gasteiger partial charge in [0.05, 0.1) is 10.0 Å². The van der Waals surface area contributed by atoms with Crippen LogP contribution in [0.5, 0.6) is 0 Å². The van der Waals surface area contributed by atoms with Crippen molar-refractivity contribution in [2.24, 2.45) is 0 Å². The summed E-state index contributed by atoms with van der Waals surface area (Å²) < 4.78 is 0. The Hall–Kier alpha value is -0.285. The average molecular weight is 192 g/mol. The van der Waals surface area contributed by atoms with Gasteiger partial charge in [0, 0.05) is 17.9 Å². The first-order valence-corrected chi connectivity index (χ1v) is 3.53. The Bertz CT molecular complexity index is 248. The molecular weight excluding hydrogens is 188 g/mol. The van der Waals surface area contributed by atoms with E-state index in [-0.39, 0.29) is 15.5 Å². The maximum atomic E-state index is 8.74. The van der Waals surface area contributed by atoms with Crippen LogP contribution < -0.4 is 5.46 Å². The van der Waals surface area contributed by atoms with Crippen LogP contribution >= 0.6 is 23.2 Å². The molecule has 0 aromatic carbocycles. The summed E-state index contributed by atoms with van der Waals surface area (Å²) in [4.78, 5) is 3.64. The molecule has 11 heavy (non-hydrogen) atoms. The van der Waals surface area contributed by atoms with Crippen LogP contribution in [0.3, 0.4) is 0 Å². The minimum Gasteiger partial charge on any atom is -0.423 e. The maximum absolute atomic E-state index is 8.74. The quantitative estimate of drug-likeness (QED) is 0.618. The zero-order chi connectivity index (χ0) is 8.43. The molecule has 0 saturated heterocycles. The highest BCUT2D eigenvalue weighted by Gasteiger charge is 2.18. The first kappa shape index (κ1) is 8.81. The second kappa shape index (κ2) is 3.41. The molecule has 0 aliphatic heterocycles. The van der Waals surface area contributed by atoms with E-state index < -0.39 is 7.12 Å². The van der Waals surface area contributed by atoms with E-state index in [2.05, 4.69) is 4.98 Å². The largest absolute Gasteiger partial charge is 0.491 e. The molecule has 0 amide bonds. The Morgan fingerprint density at radius 1 is 1.18 bits per heavy atom. The standard InChI is InChI=1S/C5H4BCl2NO2/c7-3-1-9-2-4(8)5(3)6(10)11/h1-2,10-11H. The van der Waals surface area contributed by atoms with Crippen molar-refractivity contribution in [3.05, 3.63) is 22.4 Å². The van der Waals surface area contributed by atoms with Gasteiger partial charge in [0.15, 0.2) is 0 Å². The Labute approximate surface area is 73.7 Å². The topological polar surface area (TPSA) is 53.4 Å². The van der Waals surface area contributed by atoms with Crippen LogP contribution in [0.2, 0.25) is 10.0 Å². The predicted molar refractivity (Wildman–Crippen MR) is 44.1 cm³/mol. The van der Waals surface area contributed by atoms with Gasteiger partial charge in [0.1, 0.15) is 0 Å². The molecule has 1 heterocycles. The highest BCUT2D eigenvalue weighted by Crippen LogP contribution is 2.10. The smallest absolute Gasteiger partial charge is 0.423 e. The molecule has 0 atom stereocenters. The number of aromatic nitrogens is 1. The molecule has 6 heteroatoms. The van der Waals surface area contributed by atoms with Gasteiger partial charge in [0.25, 0.3) is 0 Å². The molecule has 0 spiro atoms. The fourth-order valence-corrected chi connectivity index (χ4v) is 1.23. The highest BCUT2D eigenvalue weighted by atomic mass is 35.5. The molecule has 0 radical (unpaired) electrons. The lowest BCUT2D eigenvalue weighted by Gasteiger charge is -2.02. The molecule has 0 bridgehead atoms. The Kier molecular flexibility index (Phi) is 2.73. The lowest BCUT2D eigenvalue weighted by atomic mass is 9.81. The highest BCUT2D eigenvalue weighted by molar-refractivity contribution is 6.66. The lowest BCUT2D eigenvalue weighted by Crippen LogP contribution is -2.31. The first-order chi connectivity index (χ1) is 5.13. The summed E-state index contributed by atoms with van der Waals surface area (Å²) in [6.07, 6.45) is 2.59. The van der Waals surface area contributed by atoms with Crippen LogP contribution in [-0.2, 0) is 0 Å². The summed E-state index contributed by atoms with van der Waals surface area (Å²) in [6.45, 7) is 0. The fourth-order valence-electron chi connectivity index (χ4n) is 0.668. The molecule has 2 N–H and O–H groups in total. The maximum Gasteiger partial charge on any atom is 0.491 e. The van der Waals surface area contributed by atoms with Crippen molar-refractivity contribution in [2.75, 3.05) is 0 Å². The molecule has 1 aromatic heterocycles. The van der Waals surface area contributed by atoms with E-state index in [9.17, 15) is 0 Å². The molecule has 0 fully saturated rings. The van der Waals surface area contributed by atoms with Crippen molar-refractivity contribution < 1.29 is 10.0 Å². The monoisotopic (exact) mass is 191 g/mol. The van der Waals surface area contributed by atoms with Gasteiger partial charge < -0.3 is 10.0 Å². The molecule has 0 unspecified atom stereocenters. The van der Waals surface area contributed by atoms with Crippen LogP contribution in [0.15, 0.2) is 12.4 Å². The van der Waals surface area contributed by atoms with Crippen molar-refractivity contribution in [1.82, 2.24) is 4.98 Å². The van der Waals surface area contributed by atoms with Gasteiger partial charge in [-0.2, -0.15) is 0 Å². The lowest BCUT2D eigenvalue weighted by molar-refractivity contribution is 0.426. The third-order valence-corrected chi connectivity index (χ3v) is 1.75. The van der Waals surface area contributed by atoms with Gasteiger partial charge >= 0.3 is 7.12 Å². The zero-order valence-electron chi connectivity index (χ0n) is 5.33. The summed E-state index contributed by atoms with van der Waals surface area (Å²) in [7, 11) is -1.65. The summed E-state index contributed by atoms with van der Waals surface area (Å²) in [5.74, 6) is 0. The molecule has 3 nitrogen and oxygen atoms in total. The van der Waals surface area contributed by atoms with Crippen LogP contribution in [0.25, 0.3) is 0 Å². The average Bonchev–Trinajstić information content (AvgIpc) is 1.85. The Morgan fingerprint density at radius 3 is 1.91 bits per heavy atom. The SMILES string of the molecule is OB(O)c1c(Cl)cncc1Cl. The number of rotatable bonds is 1. The minimum absolute atomic E-state index is 0.0864. The predicted octanol–water partition coefficient (Wildman–Crippen LogP) is 0.0682. The third-order valence-electron chi connectivity index (χ3n) is 1.15. The molecule has 0 saturated carbocycles. The summed E-state index contributed by atoms with van der Waals surface area (Å²) in [5.41, 5.74) is 0.0864. The van der Waals surface area contributed by atoms with Gasteiger partial charge in [-0.3, -0.25) is 4.98 Å². The van der Waals surface area contributed by atoms with Gasteiger partial charge in [-0.05, 0) is 0 Å². The first-order valence-electron chi connectivity index (χ1n) is 2.78. The van der Waals surface area contributed by atoms with E-state index in [1.807, 2.05) is 0 Å². The molecule has 0 aliphatic rings. The van der Waals surface area contributed by atoms with Crippen LogP contribution in [0.4, 0.5) is 0 Å². The van der Waals surface area contributed by atoms with E-state index in [0.717, 1.165) is 0 Å². The van der Waals surface area contributed by atoms with Gasteiger partial charge in [-0.25, -0.2) is 0 Å². The summed E-state index contributed by atoms with van der Waals surface area (Å²) >= 11 is 11.1. The van der Waals surface area contributed by atoms with Crippen molar-refractivity contribution in [2.45, 2.75) is 0 Å². The zero-order valence-corrected chi connectivity index (χ0v) is 6.84. The van der Waals surface area contributed by atoms with Gasteiger partial charge in [-0.15, -0.1) is 0 Å². The second-order valence-electron chi connectivity index (χ2n) is 1.89. The van der Waals surface area contributed by atoms with Crippen molar-refractivity contribution in [1.29, 1.82) is 0 Å². The number of pyridine rings is 1. The van der Waals surface area contributed by atoms with Crippen LogP contribution in [-0.4, -0.2) is 22.2 Å². The molecule has 58 valence electrons. The third kappa shape index (κ3) is 1.84. The molecular formula is C5H4BCl2NO2. The fraction of sp³-hybridized carbons (Fsp3) is 0. The Morgan fingerprint density at radius 2 is 1.64 bits per heavy atom. The van der Waals surface area contributed by atoms with E-state index in [1.165, 1.54) is 12.4 Å². The van der Waals surface area contributed by atoms with E-state index >= 15 is 0 Å². The number of hydrogen-bond donors (Lipinski definition) is 2. The van der Waals surface area contributed by atoms with Gasteiger partial charge in [-0.1, -0.05) is 23.2 Å². The normalized spacial score (nSPS) is 9.82. The molecule has 1 aromatic rings. The van der Waals surface area contributed by atoms with Gasteiger partial charge in [0.2, 0.25) is 0 Å². The number of hydrogen-bond acceptors (Lipinski definition) is 3. The van der Waals surface area contributed by atoms with Crippen molar-refractivity contribution >= 4 is 35.8 Å². The van der Waals surface area contributed by atoms with E-state index in [4.69, 9.17) is 33.2 Å². The van der Waals surface area contributed by atoms with E-state index in [1.54, 1.807) is 0 Å². The molecule has 0 aliphatic carbocycles. The number of nitrogens with zero attached hydrogens (tertiary/aromatic N) is 1. The molecule has 1 rings (SSSR count). The minimum atomic E-state index is -1.65. The van der Waals surface area contributed by atoms with Crippen molar-refractivity contribution in [3.8, 4) is 0 Å². The number of halogens is 2. The second-order valence-corrected chi connectivity index (χ2v) is 2.70. The van der Waals surface area contributed by atoms with Crippen LogP contribution in [0.1, 0.15) is 0 Å². The van der Waals surface area contributed by atoms with Crippen LogP contribution in [0, 0.1) is 0 Å². The summed E-state index contributed by atoms with van der Waals surface area (Å²) in [6, 6.07) is 0. The van der Waals surface area contributed by atoms with E-state index in [0.29, 0.717) is 0 Å². The Balaban J connectivity index is 3.21. The summed E-state index contributed by atoms with van der Waals surface area (Å²) in [5, 5.41) is 17.8. The van der Waals surface area contributed by atoms with Crippen molar-refractivity contribution in [3.63, 3.8) is 0 Å².